The molecule has 0 saturated heterocycles. The first-order chi connectivity index (χ1) is 6.24. The standard InChI is InChI=1S/C9H10N2O2/c10-9(13)8-4-7(2-1-3-12)5-11-6-8/h1-2,4-6,12H,3H2,(H2,10,13). The molecule has 4 heteroatoms. The average Bonchev–Trinajstić information content (AvgIpc) is 2.15. The number of nitrogens with two attached hydrogens (primary N) is 1. The molecule has 0 aliphatic heterocycles. The lowest BCUT2D eigenvalue weighted by Gasteiger charge is -1.95. The van der Waals surface area contributed by atoms with Gasteiger partial charge in [0.05, 0.1) is 12.2 Å². The fourth-order valence-corrected chi connectivity index (χ4v) is 0.872. The molecule has 1 rings (SSSR count). The molecule has 1 amide bonds. The number of nitrogens with zero attached hydrogens (tertiary/aromatic N) is 1. The first kappa shape index (κ1) is 9.41. The molecule has 0 unspecified atom stereocenters. The third-order valence-corrected chi connectivity index (χ3v) is 1.46. The van der Waals surface area contributed by atoms with E-state index in [1.165, 1.54) is 6.20 Å². The quantitative estimate of drug-likeness (QED) is 0.693. The Morgan fingerprint density at radius 2 is 2.38 bits per heavy atom. The van der Waals surface area contributed by atoms with E-state index >= 15 is 0 Å². The predicted octanol–water partition coefficient (Wildman–Crippen LogP) is 0.186. The van der Waals surface area contributed by atoms with Crippen LogP contribution in [-0.4, -0.2) is 22.6 Å². The Balaban J connectivity index is 2.92. The number of pyridine rings is 1. The van der Waals surface area contributed by atoms with E-state index in [1.807, 2.05) is 0 Å². The van der Waals surface area contributed by atoms with E-state index in [0.717, 1.165) is 5.56 Å². The number of hydrogen-bond donors (Lipinski definition) is 2. The van der Waals surface area contributed by atoms with Crippen LogP contribution < -0.4 is 5.73 Å². The van der Waals surface area contributed by atoms with Crippen molar-refractivity contribution >= 4 is 12.0 Å². The number of aliphatic hydroxyl groups is 1. The minimum Gasteiger partial charge on any atom is -0.392 e. The molecule has 0 aromatic carbocycles. The summed E-state index contributed by atoms with van der Waals surface area (Å²) in [5.41, 5.74) is 6.16. The van der Waals surface area contributed by atoms with Crippen LogP contribution in [0, 0.1) is 0 Å². The van der Waals surface area contributed by atoms with Gasteiger partial charge >= 0.3 is 0 Å². The van der Waals surface area contributed by atoms with E-state index in [2.05, 4.69) is 4.98 Å². The molecule has 0 spiro atoms. The molecule has 0 aliphatic carbocycles. The van der Waals surface area contributed by atoms with Crippen molar-refractivity contribution in [3.63, 3.8) is 0 Å². The van der Waals surface area contributed by atoms with Gasteiger partial charge in [0.25, 0.3) is 0 Å². The van der Waals surface area contributed by atoms with Crippen LogP contribution in [0.4, 0.5) is 0 Å². The van der Waals surface area contributed by atoms with Crippen molar-refractivity contribution < 1.29 is 9.90 Å². The molecule has 3 N–H and O–H groups in total. The molecule has 1 aromatic heterocycles. The molecule has 4 nitrogen and oxygen atoms in total. The largest absolute Gasteiger partial charge is 0.392 e. The zero-order chi connectivity index (χ0) is 9.68. The molecule has 0 bridgehead atoms. The van der Waals surface area contributed by atoms with Crippen LogP contribution in [0.15, 0.2) is 24.5 Å². The lowest BCUT2D eigenvalue weighted by molar-refractivity contribution is 0.1000. The van der Waals surface area contributed by atoms with E-state index in [0.29, 0.717) is 5.56 Å². The van der Waals surface area contributed by atoms with Crippen molar-refractivity contribution in [3.8, 4) is 0 Å². The van der Waals surface area contributed by atoms with Gasteiger partial charge in [-0.2, -0.15) is 0 Å². The van der Waals surface area contributed by atoms with Gasteiger partial charge in [-0.05, 0) is 11.6 Å². The van der Waals surface area contributed by atoms with E-state index in [9.17, 15) is 4.79 Å². The van der Waals surface area contributed by atoms with Crippen molar-refractivity contribution in [3.05, 3.63) is 35.7 Å². The van der Waals surface area contributed by atoms with E-state index in [4.69, 9.17) is 10.8 Å². The van der Waals surface area contributed by atoms with Crippen molar-refractivity contribution in [2.24, 2.45) is 5.73 Å². The predicted molar refractivity (Wildman–Crippen MR) is 48.9 cm³/mol. The maximum atomic E-state index is 10.7. The molecule has 0 fully saturated rings. The number of aliphatic hydroxyl groups excluding tert-OH is 1. The second kappa shape index (κ2) is 4.37. The van der Waals surface area contributed by atoms with E-state index in [-0.39, 0.29) is 6.61 Å². The highest BCUT2D eigenvalue weighted by Gasteiger charge is 1.99. The van der Waals surface area contributed by atoms with Crippen LogP contribution in [0.1, 0.15) is 15.9 Å². The minimum atomic E-state index is -0.508. The molecule has 13 heavy (non-hydrogen) atoms. The number of hydrogen-bond acceptors (Lipinski definition) is 3. The van der Waals surface area contributed by atoms with Crippen molar-refractivity contribution in [1.29, 1.82) is 0 Å². The summed E-state index contributed by atoms with van der Waals surface area (Å²) in [5, 5.41) is 8.51. The highest BCUT2D eigenvalue weighted by molar-refractivity contribution is 5.92. The van der Waals surface area contributed by atoms with Gasteiger partial charge in [-0.25, -0.2) is 0 Å². The van der Waals surface area contributed by atoms with Gasteiger partial charge < -0.3 is 10.8 Å². The number of carbonyl (C=O) groups excluding carboxylic acids is 1. The molecule has 0 atom stereocenters. The molecular formula is C9H10N2O2. The Labute approximate surface area is 75.7 Å². The number of amides is 1. The first-order valence-corrected chi connectivity index (χ1v) is 3.76. The smallest absolute Gasteiger partial charge is 0.250 e. The van der Waals surface area contributed by atoms with Gasteiger partial charge in [-0.15, -0.1) is 0 Å². The SMILES string of the molecule is NC(=O)c1cncc(C=CCO)c1. The van der Waals surface area contributed by atoms with Crippen LogP contribution in [0.3, 0.4) is 0 Å². The summed E-state index contributed by atoms with van der Waals surface area (Å²) >= 11 is 0. The molecule has 0 aliphatic rings. The minimum absolute atomic E-state index is 0.0409. The molecule has 68 valence electrons. The summed E-state index contributed by atoms with van der Waals surface area (Å²) in [6.07, 6.45) is 6.21. The van der Waals surface area contributed by atoms with Gasteiger partial charge in [0, 0.05) is 12.4 Å². The number of aromatic nitrogens is 1. The Bertz CT molecular complexity index is 334. The van der Waals surface area contributed by atoms with Crippen molar-refractivity contribution in [1.82, 2.24) is 4.98 Å². The third-order valence-electron chi connectivity index (χ3n) is 1.46. The zero-order valence-corrected chi connectivity index (χ0v) is 6.97. The maximum Gasteiger partial charge on any atom is 0.250 e. The molecule has 1 heterocycles. The summed E-state index contributed by atoms with van der Waals surface area (Å²) < 4.78 is 0. The van der Waals surface area contributed by atoms with Crippen LogP contribution in [0.25, 0.3) is 6.08 Å². The first-order valence-electron chi connectivity index (χ1n) is 3.76. The van der Waals surface area contributed by atoms with Crippen LogP contribution >= 0.6 is 0 Å². The highest BCUT2D eigenvalue weighted by atomic mass is 16.2. The second-order valence-corrected chi connectivity index (χ2v) is 2.46. The fraction of sp³-hybridized carbons (Fsp3) is 0.111. The summed E-state index contributed by atoms with van der Waals surface area (Å²) in [7, 11) is 0. The van der Waals surface area contributed by atoms with E-state index in [1.54, 1.807) is 24.4 Å². The fourth-order valence-electron chi connectivity index (χ4n) is 0.872. The van der Waals surface area contributed by atoms with Crippen molar-refractivity contribution in [2.45, 2.75) is 0 Å². The Morgan fingerprint density at radius 1 is 1.62 bits per heavy atom. The normalized spacial score (nSPS) is 10.5. The Kier molecular flexibility index (Phi) is 3.16. The van der Waals surface area contributed by atoms with E-state index < -0.39 is 5.91 Å². The monoisotopic (exact) mass is 178 g/mol. The molecule has 0 saturated carbocycles. The lowest BCUT2D eigenvalue weighted by Crippen LogP contribution is -2.11. The number of primary amides is 1. The van der Waals surface area contributed by atoms with Gasteiger partial charge in [0.15, 0.2) is 0 Å². The molecule has 0 radical (unpaired) electrons. The molecular weight excluding hydrogens is 168 g/mol. The average molecular weight is 178 g/mol. The highest BCUT2D eigenvalue weighted by Crippen LogP contribution is 2.03. The van der Waals surface area contributed by atoms with Crippen LogP contribution in [0.2, 0.25) is 0 Å². The summed E-state index contributed by atoms with van der Waals surface area (Å²) in [6, 6.07) is 1.61. The van der Waals surface area contributed by atoms with Gasteiger partial charge in [-0.3, -0.25) is 9.78 Å². The van der Waals surface area contributed by atoms with Gasteiger partial charge in [-0.1, -0.05) is 12.2 Å². The maximum absolute atomic E-state index is 10.7. The van der Waals surface area contributed by atoms with Crippen LogP contribution in [0.5, 0.6) is 0 Å². The Hall–Kier alpha value is -1.68. The second-order valence-electron chi connectivity index (χ2n) is 2.46. The van der Waals surface area contributed by atoms with Crippen molar-refractivity contribution in [2.75, 3.05) is 6.61 Å². The van der Waals surface area contributed by atoms with Gasteiger partial charge in [0.1, 0.15) is 0 Å². The molecule has 1 aromatic rings. The Morgan fingerprint density at radius 3 is 3.00 bits per heavy atom. The summed E-state index contributed by atoms with van der Waals surface area (Å²) in [4.78, 5) is 14.6. The topological polar surface area (TPSA) is 76.2 Å². The zero-order valence-electron chi connectivity index (χ0n) is 6.97. The summed E-state index contributed by atoms with van der Waals surface area (Å²) in [5.74, 6) is -0.508. The van der Waals surface area contributed by atoms with Crippen LogP contribution in [-0.2, 0) is 0 Å². The third kappa shape index (κ3) is 2.68. The van der Waals surface area contributed by atoms with Gasteiger partial charge in [0.2, 0.25) is 5.91 Å². The summed E-state index contributed by atoms with van der Waals surface area (Å²) in [6.45, 7) is -0.0409. The lowest BCUT2D eigenvalue weighted by atomic mass is 10.2. The number of rotatable bonds is 3. The number of carbonyl (C=O) groups is 1.